The number of methoxy groups -OCH3 is 1. The fraction of sp³-hybridized carbons (Fsp3) is 0.222. The van der Waals surface area contributed by atoms with Crippen molar-refractivity contribution >= 4 is 17.6 Å². The molecule has 2 unspecified atom stereocenters. The Hall–Kier alpha value is -3.02. The van der Waals surface area contributed by atoms with Gasteiger partial charge in [0.15, 0.2) is 0 Å². The van der Waals surface area contributed by atoms with Gasteiger partial charge in [-0.05, 0) is 48.2 Å². The molecule has 0 aromatic heterocycles. The van der Waals surface area contributed by atoms with Crippen LogP contribution in [0.2, 0.25) is 0 Å². The molecule has 0 saturated heterocycles. The van der Waals surface area contributed by atoms with Crippen molar-refractivity contribution in [1.29, 1.82) is 0 Å². The number of carbonyl (C=O) groups excluding carboxylic acids is 1. The fourth-order valence-corrected chi connectivity index (χ4v) is 2.72. The SMILES string of the molecule is COc1ccc(C2CC2C(=O)Nc2ccc(O)c(C(=O)O)c2)cc1. The zero-order valence-corrected chi connectivity index (χ0v) is 13.0. The van der Waals surface area contributed by atoms with Crippen molar-refractivity contribution in [3.63, 3.8) is 0 Å². The molecule has 2 atom stereocenters. The number of anilines is 1. The second-order valence-electron chi connectivity index (χ2n) is 5.75. The number of phenols is 1. The Morgan fingerprint density at radius 3 is 2.50 bits per heavy atom. The number of carboxylic acid groups (broad SMARTS) is 1. The van der Waals surface area contributed by atoms with Crippen LogP contribution in [0.1, 0.15) is 28.3 Å². The van der Waals surface area contributed by atoms with E-state index in [1.807, 2.05) is 24.3 Å². The van der Waals surface area contributed by atoms with E-state index in [4.69, 9.17) is 9.84 Å². The zero-order valence-electron chi connectivity index (χ0n) is 13.0. The lowest BCUT2D eigenvalue weighted by Crippen LogP contribution is -2.15. The Labute approximate surface area is 138 Å². The van der Waals surface area contributed by atoms with Crippen LogP contribution >= 0.6 is 0 Å². The van der Waals surface area contributed by atoms with Crippen LogP contribution < -0.4 is 10.1 Å². The lowest BCUT2D eigenvalue weighted by Gasteiger charge is -2.07. The molecule has 6 nitrogen and oxygen atoms in total. The molecule has 0 aliphatic heterocycles. The number of ether oxygens (including phenoxy) is 1. The van der Waals surface area contributed by atoms with Crippen LogP contribution in [0.25, 0.3) is 0 Å². The Morgan fingerprint density at radius 2 is 1.88 bits per heavy atom. The Kier molecular flexibility index (Phi) is 4.12. The quantitative estimate of drug-likeness (QED) is 0.734. The van der Waals surface area contributed by atoms with Gasteiger partial charge in [-0.3, -0.25) is 4.79 Å². The highest BCUT2D eigenvalue weighted by Gasteiger charge is 2.43. The molecule has 1 aliphatic carbocycles. The monoisotopic (exact) mass is 327 g/mol. The first-order valence-electron chi connectivity index (χ1n) is 7.50. The number of carbonyl (C=O) groups is 2. The molecular weight excluding hydrogens is 310 g/mol. The van der Waals surface area contributed by atoms with Gasteiger partial charge in [0.2, 0.25) is 5.91 Å². The van der Waals surface area contributed by atoms with Crippen LogP contribution in [-0.2, 0) is 4.79 Å². The van der Waals surface area contributed by atoms with Crippen molar-refractivity contribution in [2.45, 2.75) is 12.3 Å². The smallest absolute Gasteiger partial charge is 0.339 e. The van der Waals surface area contributed by atoms with Gasteiger partial charge in [0.25, 0.3) is 0 Å². The average molecular weight is 327 g/mol. The number of hydrogen-bond acceptors (Lipinski definition) is 4. The summed E-state index contributed by atoms with van der Waals surface area (Å²) in [6.45, 7) is 0. The molecule has 3 N–H and O–H groups in total. The van der Waals surface area contributed by atoms with Crippen molar-refractivity contribution in [3.05, 3.63) is 53.6 Å². The molecule has 0 heterocycles. The number of rotatable bonds is 5. The maximum atomic E-state index is 12.3. The number of nitrogens with one attached hydrogen (secondary N) is 1. The summed E-state index contributed by atoms with van der Waals surface area (Å²) in [6.07, 6.45) is 0.752. The Balaban J connectivity index is 1.66. The first-order chi connectivity index (χ1) is 11.5. The maximum absolute atomic E-state index is 12.3. The largest absolute Gasteiger partial charge is 0.507 e. The first-order valence-corrected chi connectivity index (χ1v) is 7.50. The van der Waals surface area contributed by atoms with E-state index in [1.54, 1.807) is 7.11 Å². The van der Waals surface area contributed by atoms with Crippen LogP contribution in [-0.4, -0.2) is 29.2 Å². The summed E-state index contributed by atoms with van der Waals surface area (Å²) in [7, 11) is 1.60. The standard InChI is InChI=1S/C18H17NO5/c1-24-12-5-2-10(3-6-12)13-9-14(13)17(21)19-11-4-7-16(20)15(8-11)18(22)23/h2-8,13-14,20H,9H2,1H3,(H,19,21)(H,22,23). The summed E-state index contributed by atoms with van der Waals surface area (Å²) in [4.78, 5) is 23.3. The third kappa shape index (κ3) is 3.17. The second-order valence-corrected chi connectivity index (χ2v) is 5.75. The van der Waals surface area contributed by atoms with Crippen LogP contribution in [0.3, 0.4) is 0 Å². The Morgan fingerprint density at radius 1 is 1.17 bits per heavy atom. The fourth-order valence-electron chi connectivity index (χ4n) is 2.72. The van der Waals surface area contributed by atoms with Crippen LogP contribution in [0, 0.1) is 5.92 Å². The normalized spacial score (nSPS) is 18.7. The van der Waals surface area contributed by atoms with E-state index in [0.717, 1.165) is 17.7 Å². The van der Waals surface area contributed by atoms with Gasteiger partial charge >= 0.3 is 5.97 Å². The molecule has 0 radical (unpaired) electrons. The molecule has 1 fully saturated rings. The number of amides is 1. The number of benzene rings is 2. The predicted octanol–water partition coefficient (Wildman–Crippen LogP) is 2.84. The molecular formula is C18H17NO5. The van der Waals surface area contributed by atoms with Crippen LogP contribution in [0.15, 0.2) is 42.5 Å². The van der Waals surface area contributed by atoms with E-state index in [2.05, 4.69) is 5.32 Å². The summed E-state index contributed by atoms with van der Waals surface area (Å²) in [6, 6.07) is 11.6. The first kappa shape index (κ1) is 15.9. The van der Waals surface area contributed by atoms with E-state index in [1.165, 1.54) is 18.2 Å². The third-order valence-electron chi connectivity index (χ3n) is 4.17. The van der Waals surface area contributed by atoms with Gasteiger partial charge in [-0.25, -0.2) is 4.79 Å². The predicted molar refractivity (Wildman–Crippen MR) is 87.5 cm³/mol. The topological polar surface area (TPSA) is 95.9 Å². The highest BCUT2D eigenvalue weighted by molar-refractivity contribution is 5.97. The highest BCUT2D eigenvalue weighted by Crippen LogP contribution is 2.48. The molecule has 2 aromatic rings. The molecule has 2 aromatic carbocycles. The maximum Gasteiger partial charge on any atom is 0.339 e. The van der Waals surface area contributed by atoms with Crippen molar-refractivity contribution in [2.24, 2.45) is 5.92 Å². The van der Waals surface area contributed by atoms with Gasteiger partial charge in [0, 0.05) is 11.6 Å². The van der Waals surface area contributed by atoms with Gasteiger partial charge in [-0.2, -0.15) is 0 Å². The van der Waals surface area contributed by atoms with Crippen molar-refractivity contribution in [1.82, 2.24) is 0 Å². The van der Waals surface area contributed by atoms with E-state index in [-0.39, 0.29) is 29.1 Å². The molecule has 124 valence electrons. The number of aromatic hydroxyl groups is 1. The molecule has 3 rings (SSSR count). The number of carboxylic acids is 1. The van der Waals surface area contributed by atoms with Gasteiger partial charge in [-0.15, -0.1) is 0 Å². The summed E-state index contributed by atoms with van der Waals surface area (Å²) < 4.78 is 5.12. The molecule has 6 heteroatoms. The molecule has 1 amide bonds. The second kappa shape index (κ2) is 6.23. The lowest BCUT2D eigenvalue weighted by molar-refractivity contribution is -0.117. The minimum absolute atomic E-state index is 0.138. The third-order valence-corrected chi connectivity index (χ3v) is 4.17. The van der Waals surface area contributed by atoms with Crippen LogP contribution in [0.4, 0.5) is 5.69 Å². The Bertz CT molecular complexity index is 784. The number of hydrogen-bond donors (Lipinski definition) is 3. The van der Waals surface area contributed by atoms with Gasteiger partial charge < -0.3 is 20.3 Å². The summed E-state index contributed by atoms with van der Waals surface area (Å²) >= 11 is 0. The lowest BCUT2D eigenvalue weighted by atomic mass is 10.1. The van der Waals surface area contributed by atoms with Crippen molar-refractivity contribution in [3.8, 4) is 11.5 Å². The van der Waals surface area contributed by atoms with Gasteiger partial charge in [-0.1, -0.05) is 12.1 Å². The minimum atomic E-state index is -1.24. The minimum Gasteiger partial charge on any atom is -0.507 e. The molecule has 0 bridgehead atoms. The molecule has 1 aliphatic rings. The van der Waals surface area contributed by atoms with Gasteiger partial charge in [0.05, 0.1) is 7.11 Å². The van der Waals surface area contributed by atoms with E-state index in [9.17, 15) is 14.7 Å². The van der Waals surface area contributed by atoms with E-state index in [0.29, 0.717) is 5.69 Å². The summed E-state index contributed by atoms with van der Waals surface area (Å²) in [5, 5.41) is 21.2. The average Bonchev–Trinajstić information content (AvgIpc) is 3.37. The molecule has 0 spiro atoms. The zero-order chi connectivity index (χ0) is 17.3. The van der Waals surface area contributed by atoms with Gasteiger partial charge in [0.1, 0.15) is 17.1 Å². The van der Waals surface area contributed by atoms with Crippen LogP contribution in [0.5, 0.6) is 11.5 Å². The highest BCUT2D eigenvalue weighted by atomic mass is 16.5. The van der Waals surface area contributed by atoms with E-state index >= 15 is 0 Å². The molecule has 1 saturated carbocycles. The summed E-state index contributed by atoms with van der Waals surface area (Å²) in [5.74, 6) is -0.940. The van der Waals surface area contributed by atoms with Crippen molar-refractivity contribution < 1.29 is 24.5 Å². The number of aromatic carboxylic acids is 1. The van der Waals surface area contributed by atoms with E-state index < -0.39 is 5.97 Å². The molecule has 24 heavy (non-hydrogen) atoms. The van der Waals surface area contributed by atoms with Crippen molar-refractivity contribution in [2.75, 3.05) is 12.4 Å². The summed E-state index contributed by atoms with van der Waals surface area (Å²) in [5.41, 5.74) is 1.19.